The van der Waals surface area contributed by atoms with E-state index in [9.17, 15) is 43.2 Å². The van der Waals surface area contributed by atoms with Crippen molar-refractivity contribution in [2.24, 2.45) is 23.7 Å². The molecular weight excluding hydrogens is 1340 g/mol. The lowest BCUT2D eigenvalue weighted by atomic mass is 10.00. The van der Waals surface area contributed by atoms with E-state index in [1.165, 1.54) is 231 Å². The number of aliphatic hydroxyl groups is 1. The number of aliphatic hydroxyl groups excluding tert-OH is 1. The van der Waals surface area contributed by atoms with E-state index in [0.29, 0.717) is 25.7 Å². The van der Waals surface area contributed by atoms with Gasteiger partial charge in [0.25, 0.3) is 0 Å². The summed E-state index contributed by atoms with van der Waals surface area (Å²) in [6.07, 6.45) is 61.2. The minimum Gasteiger partial charge on any atom is -0.462 e. The van der Waals surface area contributed by atoms with E-state index < -0.39 is 97.5 Å². The van der Waals surface area contributed by atoms with Gasteiger partial charge in [-0.25, -0.2) is 9.13 Å². The molecule has 0 radical (unpaired) electrons. The largest absolute Gasteiger partial charge is 0.472 e. The van der Waals surface area contributed by atoms with Crippen LogP contribution >= 0.6 is 15.6 Å². The Morgan fingerprint density at radius 1 is 0.272 bits per heavy atom. The van der Waals surface area contributed by atoms with Gasteiger partial charge in [-0.3, -0.25) is 37.3 Å². The average molecular weight is 1510 g/mol. The molecule has 0 saturated carbocycles. The molecule has 0 fully saturated rings. The second kappa shape index (κ2) is 72.9. The van der Waals surface area contributed by atoms with E-state index in [1.54, 1.807) is 0 Å². The maximum Gasteiger partial charge on any atom is 0.472 e. The van der Waals surface area contributed by atoms with Crippen LogP contribution in [0.25, 0.3) is 0 Å². The van der Waals surface area contributed by atoms with E-state index in [0.717, 1.165) is 120 Å². The maximum absolute atomic E-state index is 13.1. The van der Waals surface area contributed by atoms with E-state index in [2.05, 4.69) is 55.4 Å². The first-order chi connectivity index (χ1) is 49.6. The fourth-order valence-corrected chi connectivity index (χ4v) is 14.5. The summed E-state index contributed by atoms with van der Waals surface area (Å²) in [6, 6.07) is 0. The molecule has 612 valence electrons. The number of hydrogen-bond acceptors (Lipinski definition) is 15. The molecule has 0 bridgehead atoms. The van der Waals surface area contributed by atoms with Gasteiger partial charge in [-0.05, 0) is 49.4 Å². The predicted molar refractivity (Wildman–Crippen MR) is 423 cm³/mol. The van der Waals surface area contributed by atoms with E-state index in [4.69, 9.17) is 37.0 Å². The smallest absolute Gasteiger partial charge is 0.462 e. The zero-order chi connectivity index (χ0) is 76.0. The Hall–Kier alpha value is -1.94. The highest BCUT2D eigenvalue weighted by atomic mass is 31.2. The van der Waals surface area contributed by atoms with Gasteiger partial charge in [0.2, 0.25) is 0 Å². The zero-order valence-electron chi connectivity index (χ0n) is 68.0. The summed E-state index contributed by atoms with van der Waals surface area (Å²) in [7, 11) is -9.93. The van der Waals surface area contributed by atoms with Gasteiger partial charge in [-0.2, -0.15) is 0 Å². The van der Waals surface area contributed by atoms with Crippen LogP contribution in [0.1, 0.15) is 434 Å². The first kappa shape index (κ1) is 101. The predicted octanol–water partition coefficient (Wildman–Crippen LogP) is 25.2. The van der Waals surface area contributed by atoms with Crippen LogP contribution in [0.15, 0.2) is 0 Å². The molecule has 0 aromatic rings. The number of rotatable bonds is 81. The first-order valence-electron chi connectivity index (χ1n) is 43.2. The molecule has 6 atom stereocenters. The number of phosphoric acid groups is 2. The molecule has 0 aromatic heterocycles. The summed E-state index contributed by atoms with van der Waals surface area (Å²) in [4.78, 5) is 73.1. The summed E-state index contributed by atoms with van der Waals surface area (Å²) in [5.74, 6) is 1.00. The zero-order valence-corrected chi connectivity index (χ0v) is 69.7. The molecule has 3 N–H and O–H groups in total. The van der Waals surface area contributed by atoms with Gasteiger partial charge in [0.15, 0.2) is 12.2 Å². The fourth-order valence-electron chi connectivity index (χ4n) is 12.9. The minimum absolute atomic E-state index is 0.105. The molecule has 19 heteroatoms. The molecule has 0 aliphatic heterocycles. The third-order valence-electron chi connectivity index (χ3n) is 19.9. The monoisotopic (exact) mass is 1510 g/mol. The standard InChI is InChI=1S/C84H164O17P2/c1-9-77(8)63-55-47-42-43-49-57-65-82(87)95-71-80(101-84(89)67-59-51-41-35-29-28-32-38-46-54-62-76(6)7)73-99-103(92,93)97-69-78(85)68-96-102(90,91)98-72-79(70-94-81(86)64-56-48-39-33-26-22-18-15-14-17-21-25-31-37-45-53-61-75(4)5)100-83(88)66-58-50-40-34-27-23-19-13-11-10-12-16-20-24-30-36-44-52-60-74(2)3/h74-80,85H,9-73H2,1-8H3,(H,90,91)(H,92,93)/t77?,78-,79-,80-/m1/s1. The lowest BCUT2D eigenvalue weighted by Gasteiger charge is -2.21. The van der Waals surface area contributed by atoms with Crippen molar-refractivity contribution in [3.05, 3.63) is 0 Å². The second-order valence-corrected chi connectivity index (χ2v) is 34.8. The number of phosphoric ester groups is 2. The van der Waals surface area contributed by atoms with Crippen molar-refractivity contribution in [3.63, 3.8) is 0 Å². The van der Waals surface area contributed by atoms with E-state index in [-0.39, 0.29) is 25.7 Å². The molecule has 0 amide bonds. The molecule has 17 nitrogen and oxygen atoms in total. The topological polar surface area (TPSA) is 237 Å². The molecule has 0 saturated heterocycles. The number of esters is 4. The summed E-state index contributed by atoms with van der Waals surface area (Å²) in [5.41, 5.74) is 0. The maximum atomic E-state index is 13.1. The lowest BCUT2D eigenvalue weighted by molar-refractivity contribution is -0.161. The molecular formula is C84H164O17P2. The quantitative estimate of drug-likeness (QED) is 0.0222. The molecule has 0 spiro atoms. The Labute approximate surface area is 632 Å². The number of ether oxygens (including phenoxy) is 4. The van der Waals surface area contributed by atoms with Crippen molar-refractivity contribution >= 4 is 39.5 Å². The third kappa shape index (κ3) is 76.6. The van der Waals surface area contributed by atoms with E-state index >= 15 is 0 Å². The van der Waals surface area contributed by atoms with Crippen molar-refractivity contribution in [1.82, 2.24) is 0 Å². The van der Waals surface area contributed by atoms with Gasteiger partial charge in [0, 0.05) is 25.7 Å². The Morgan fingerprint density at radius 3 is 0.689 bits per heavy atom. The van der Waals surface area contributed by atoms with Crippen LogP contribution in [0.3, 0.4) is 0 Å². The van der Waals surface area contributed by atoms with Crippen LogP contribution in [0.4, 0.5) is 0 Å². The summed E-state index contributed by atoms with van der Waals surface area (Å²) >= 11 is 0. The van der Waals surface area contributed by atoms with Gasteiger partial charge in [-0.15, -0.1) is 0 Å². The Kier molecular flexibility index (Phi) is 71.5. The Balaban J connectivity index is 5.22. The third-order valence-corrected chi connectivity index (χ3v) is 21.8. The molecule has 0 aliphatic rings. The van der Waals surface area contributed by atoms with Crippen LogP contribution < -0.4 is 0 Å². The van der Waals surface area contributed by atoms with Gasteiger partial charge in [-0.1, -0.05) is 383 Å². The van der Waals surface area contributed by atoms with E-state index in [1.807, 2.05) is 0 Å². The highest BCUT2D eigenvalue weighted by molar-refractivity contribution is 7.47. The SMILES string of the molecule is CCC(C)CCCCCCCCC(=O)OC[C@H](COP(=O)(O)OC[C@H](O)COP(=O)(O)OC[C@@H](COC(=O)CCCCCCCCCCCCCCCCCCC(C)C)OC(=O)CCCCCCCCCCCCCCCCCCCCC(C)C)OC(=O)CCCCCCCCCCCCC(C)C. The molecule has 0 heterocycles. The normalized spacial score (nSPS) is 14.2. The van der Waals surface area contributed by atoms with Crippen molar-refractivity contribution in [2.75, 3.05) is 39.6 Å². The minimum atomic E-state index is -4.97. The fraction of sp³-hybridized carbons (Fsp3) is 0.952. The van der Waals surface area contributed by atoms with Crippen molar-refractivity contribution in [1.29, 1.82) is 0 Å². The summed E-state index contributed by atoms with van der Waals surface area (Å²) in [6.45, 7) is 14.3. The molecule has 103 heavy (non-hydrogen) atoms. The van der Waals surface area contributed by atoms with Gasteiger partial charge < -0.3 is 33.8 Å². The van der Waals surface area contributed by atoms with Crippen molar-refractivity contribution < 1.29 is 80.2 Å². The molecule has 0 aliphatic carbocycles. The highest BCUT2D eigenvalue weighted by Crippen LogP contribution is 2.45. The number of hydrogen-bond donors (Lipinski definition) is 3. The van der Waals surface area contributed by atoms with Gasteiger partial charge >= 0.3 is 39.5 Å². The first-order valence-corrected chi connectivity index (χ1v) is 46.2. The average Bonchev–Trinajstić information content (AvgIpc) is 0.910. The second-order valence-electron chi connectivity index (χ2n) is 31.9. The number of carbonyl (C=O) groups is 4. The highest BCUT2D eigenvalue weighted by Gasteiger charge is 2.30. The van der Waals surface area contributed by atoms with Crippen LogP contribution in [-0.4, -0.2) is 96.7 Å². The molecule has 0 rings (SSSR count). The number of unbranched alkanes of at least 4 members (excludes halogenated alkanes) is 46. The van der Waals surface area contributed by atoms with Crippen molar-refractivity contribution in [2.45, 2.75) is 453 Å². The van der Waals surface area contributed by atoms with Gasteiger partial charge in [0.1, 0.15) is 19.3 Å². The Morgan fingerprint density at radius 2 is 0.466 bits per heavy atom. The number of carbonyl (C=O) groups excluding carboxylic acids is 4. The summed E-state index contributed by atoms with van der Waals surface area (Å²) < 4.78 is 68.8. The van der Waals surface area contributed by atoms with Crippen LogP contribution in [0.2, 0.25) is 0 Å². The van der Waals surface area contributed by atoms with Crippen LogP contribution in [0.5, 0.6) is 0 Å². The van der Waals surface area contributed by atoms with Crippen molar-refractivity contribution in [3.8, 4) is 0 Å². The Bertz CT molecular complexity index is 2010. The van der Waals surface area contributed by atoms with Crippen LogP contribution in [0, 0.1) is 23.7 Å². The van der Waals surface area contributed by atoms with Crippen LogP contribution in [-0.2, 0) is 65.4 Å². The molecule has 3 unspecified atom stereocenters. The summed E-state index contributed by atoms with van der Waals surface area (Å²) in [5, 5.41) is 10.7. The molecule has 0 aromatic carbocycles. The van der Waals surface area contributed by atoms with Gasteiger partial charge in [0.05, 0.1) is 26.4 Å². The lowest BCUT2D eigenvalue weighted by Crippen LogP contribution is -2.30.